The number of aromatic amines is 1. The highest BCUT2D eigenvalue weighted by Gasteiger charge is 2.13. The number of nitrogens with one attached hydrogen (secondary N) is 1. The predicted molar refractivity (Wildman–Crippen MR) is 55.8 cm³/mol. The average molecular weight is 210 g/mol. The number of hydrogen-bond donors (Lipinski definition) is 2. The summed E-state index contributed by atoms with van der Waals surface area (Å²) in [6.07, 6.45) is -0.849. The van der Waals surface area contributed by atoms with Gasteiger partial charge in [-0.1, -0.05) is 12.1 Å². The standard InChI is InChI=1S/C11H12F2N2/c12-11(13)6-9(14)8-2-1-7-3-4-15-10(7)5-8/h1-5,9,11,15H,6,14H2/t9-/m0/s1. The highest BCUT2D eigenvalue weighted by molar-refractivity contribution is 5.79. The van der Waals surface area contributed by atoms with Gasteiger partial charge >= 0.3 is 0 Å². The fourth-order valence-corrected chi connectivity index (χ4v) is 1.62. The number of H-pyrrole nitrogens is 1. The maximum atomic E-state index is 12.1. The largest absolute Gasteiger partial charge is 0.361 e. The van der Waals surface area contributed by atoms with Gasteiger partial charge in [0, 0.05) is 24.2 Å². The quantitative estimate of drug-likeness (QED) is 0.803. The highest BCUT2D eigenvalue weighted by atomic mass is 19.3. The van der Waals surface area contributed by atoms with Crippen molar-refractivity contribution in [3.05, 3.63) is 36.0 Å². The van der Waals surface area contributed by atoms with E-state index >= 15 is 0 Å². The molecular formula is C11H12F2N2. The Balaban J connectivity index is 2.27. The molecule has 2 rings (SSSR count). The molecule has 15 heavy (non-hydrogen) atoms. The van der Waals surface area contributed by atoms with Gasteiger partial charge in [0.2, 0.25) is 6.43 Å². The van der Waals surface area contributed by atoms with Crippen LogP contribution in [0.2, 0.25) is 0 Å². The van der Waals surface area contributed by atoms with E-state index in [1.807, 2.05) is 24.4 Å². The van der Waals surface area contributed by atoms with E-state index in [2.05, 4.69) is 4.98 Å². The second-order valence-corrected chi connectivity index (χ2v) is 3.56. The molecule has 0 spiro atoms. The summed E-state index contributed by atoms with van der Waals surface area (Å²) in [5.74, 6) is 0. The molecule has 0 saturated heterocycles. The van der Waals surface area contributed by atoms with Crippen LogP contribution in [0.1, 0.15) is 18.0 Å². The molecule has 0 amide bonds. The van der Waals surface area contributed by atoms with Crippen molar-refractivity contribution < 1.29 is 8.78 Å². The number of benzene rings is 1. The van der Waals surface area contributed by atoms with Crippen LogP contribution in [-0.2, 0) is 0 Å². The molecule has 0 aliphatic rings. The number of rotatable bonds is 3. The number of alkyl halides is 2. The Morgan fingerprint density at radius 3 is 2.80 bits per heavy atom. The van der Waals surface area contributed by atoms with Crippen LogP contribution in [0.15, 0.2) is 30.5 Å². The average Bonchev–Trinajstić information content (AvgIpc) is 2.62. The molecule has 1 heterocycles. The van der Waals surface area contributed by atoms with Gasteiger partial charge in [-0.15, -0.1) is 0 Å². The van der Waals surface area contributed by atoms with E-state index in [0.717, 1.165) is 16.5 Å². The smallest absolute Gasteiger partial charge is 0.240 e. The molecular weight excluding hydrogens is 198 g/mol. The van der Waals surface area contributed by atoms with E-state index in [1.165, 1.54) is 0 Å². The first-order valence-electron chi connectivity index (χ1n) is 4.77. The molecule has 2 nitrogen and oxygen atoms in total. The van der Waals surface area contributed by atoms with Crippen molar-refractivity contribution in [3.8, 4) is 0 Å². The molecule has 0 saturated carbocycles. The summed E-state index contributed by atoms with van der Waals surface area (Å²) < 4.78 is 24.3. The Morgan fingerprint density at radius 2 is 2.07 bits per heavy atom. The van der Waals surface area contributed by atoms with Gasteiger partial charge in [0.05, 0.1) is 0 Å². The number of hydrogen-bond acceptors (Lipinski definition) is 1. The predicted octanol–water partition coefficient (Wildman–Crippen LogP) is 2.82. The Labute approximate surface area is 86.1 Å². The minimum Gasteiger partial charge on any atom is -0.361 e. The maximum Gasteiger partial charge on any atom is 0.240 e. The third-order valence-electron chi connectivity index (χ3n) is 2.44. The molecule has 0 aliphatic heterocycles. The molecule has 80 valence electrons. The molecule has 0 bridgehead atoms. The highest BCUT2D eigenvalue weighted by Crippen LogP contribution is 2.22. The summed E-state index contributed by atoms with van der Waals surface area (Å²) in [7, 11) is 0. The molecule has 1 aromatic heterocycles. The summed E-state index contributed by atoms with van der Waals surface area (Å²) in [6, 6.07) is 6.83. The van der Waals surface area contributed by atoms with Crippen LogP contribution < -0.4 is 5.73 Å². The minimum absolute atomic E-state index is 0.299. The van der Waals surface area contributed by atoms with E-state index in [1.54, 1.807) is 6.07 Å². The van der Waals surface area contributed by atoms with E-state index in [4.69, 9.17) is 5.73 Å². The number of nitrogens with two attached hydrogens (primary N) is 1. The minimum atomic E-state index is -2.36. The van der Waals surface area contributed by atoms with E-state index in [9.17, 15) is 8.78 Å². The normalized spacial score (nSPS) is 13.6. The lowest BCUT2D eigenvalue weighted by atomic mass is 10.0. The Bertz CT molecular complexity index is 451. The third kappa shape index (κ3) is 2.15. The van der Waals surface area contributed by atoms with Crippen LogP contribution in [0.25, 0.3) is 10.9 Å². The first-order chi connectivity index (χ1) is 7.16. The number of fused-ring (bicyclic) bond motifs is 1. The maximum absolute atomic E-state index is 12.1. The SMILES string of the molecule is N[C@@H](CC(F)F)c1ccc2cc[nH]c2c1. The zero-order valence-electron chi connectivity index (χ0n) is 8.08. The first-order valence-corrected chi connectivity index (χ1v) is 4.77. The van der Waals surface area contributed by atoms with Crippen LogP contribution in [0.3, 0.4) is 0 Å². The second kappa shape index (κ2) is 3.98. The van der Waals surface area contributed by atoms with Crippen molar-refractivity contribution in [3.63, 3.8) is 0 Å². The second-order valence-electron chi connectivity index (χ2n) is 3.56. The number of halogens is 2. The van der Waals surface area contributed by atoms with Gasteiger partial charge in [0.25, 0.3) is 0 Å². The monoisotopic (exact) mass is 210 g/mol. The van der Waals surface area contributed by atoms with E-state index in [-0.39, 0.29) is 6.42 Å². The fourth-order valence-electron chi connectivity index (χ4n) is 1.62. The number of aromatic nitrogens is 1. The Hall–Kier alpha value is -1.42. The zero-order chi connectivity index (χ0) is 10.8. The molecule has 3 N–H and O–H groups in total. The topological polar surface area (TPSA) is 41.8 Å². The van der Waals surface area contributed by atoms with Gasteiger partial charge in [-0.2, -0.15) is 0 Å². The molecule has 4 heteroatoms. The van der Waals surface area contributed by atoms with Crippen LogP contribution >= 0.6 is 0 Å². The van der Waals surface area contributed by atoms with Crippen LogP contribution in [0, 0.1) is 0 Å². The summed E-state index contributed by atoms with van der Waals surface area (Å²) in [4.78, 5) is 3.03. The summed E-state index contributed by atoms with van der Waals surface area (Å²) >= 11 is 0. The molecule has 0 fully saturated rings. The van der Waals surface area contributed by atoms with Crippen molar-refractivity contribution in [2.24, 2.45) is 5.73 Å². The van der Waals surface area contributed by atoms with Gasteiger partial charge in [-0.05, 0) is 23.1 Å². The summed E-state index contributed by atoms with van der Waals surface area (Å²) in [6.45, 7) is 0. The molecule has 1 aromatic carbocycles. The summed E-state index contributed by atoms with van der Waals surface area (Å²) in [5, 5.41) is 1.06. The van der Waals surface area contributed by atoms with Crippen molar-refractivity contribution in [1.82, 2.24) is 4.98 Å². The molecule has 0 aliphatic carbocycles. The fraction of sp³-hybridized carbons (Fsp3) is 0.273. The van der Waals surface area contributed by atoms with Gasteiger partial charge in [0.1, 0.15) is 0 Å². The lowest BCUT2D eigenvalue weighted by Crippen LogP contribution is -2.13. The van der Waals surface area contributed by atoms with Gasteiger partial charge in [-0.25, -0.2) is 8.78 Å². The lowest BCUT2D eigenvalue weighted by Gasteiger charge is -2.11. The van der Waals surface area contributed by atoms with Crippen molar-refractivity contribution >= 4 is 10.9 Å². The lowest BCUT2D eigenvalue weighted by molar-refractivity contribution is 0.128. The Morgan fingerprint density at radius 1 is 1.27 bits per heavy atom. The van der Waals surface area contributed by atoms with E-state index in [0.29, 0.717) is 0 Å². The van der Waals surface area contributed by atoms with Crippen molar-refractivity contribution in [2.45, 2.75) is 18.9 Å². The van der Waals surface area contributed by atoms with Gasteiger partial charge < -0.3 is 10.7 Å². The van der Waals surface area contributed by atoms with Crippen LogP contribution in [0.5, 0.6) is 0 Å². The van der Waals surface area contributed by atoms with Gasteiger partial charge in [-0.3, -0.25) is 0 Å². The molecule has 1 atom stereocenters. The first kappa shape index (κ1) is 10.1. The van der Waals surface area contributed by atoms with Gasteiger partial charge in [0.15, 0.2) is 0 Å². The van der Waals surface area contributed by atoms with Crippen LogP contribution in [0.4, 0.5) is 8.78 Å². The summed E-state index contributed by atoms with van der Waals surface area (Å²) in [5.41, 5.74) is 7.33. The zero-order valence-corrected chi connectivity index (χ0v) is 8.08. The molecule has 2 aromatic rings. The van der Waals surface area contributed by atoms with Crippen molar-refractivity contribution in [1.29, 1.82) is 0 Å². The Kier molecular flexibility index (Phi) is 2.68. The molecule has 0 radical (unpaired) electrons. The van der Waals surface area contributed by atoms with Crippen LogP contribution in [-0.4, -0.2) is 11.4 Å². The third-order valence-corrected chi connectivity index (χ3v) is 2.44. The molecule has 0 unspecified atom stereocenters. The van der Waals surface area contributed by atoms with Crippen molar-refractivity contribution in [2.75, 3.05) is 0 Å². The van der Waals surface area contributed by atoms with E-state index < -0.39 is 12.5 Å².